The number of fused-ring (bicyclic) bond motifs is 3. The van der Waals surface area contributed by atoms with Gasteiger partial charge in [-0.25, -0.2) is 4.90 Å². The van der Waals surface area contributed by atoms with E-state index in [0.29, 0.717) is 5.56 Å². The number of hydrogen-bond donors (Lipinski definition) is 0. The van der Waals surface area contributed by atoms with E-state index in [9.17, 15) is 29.3 Å². The second-order valence-corrected chi connectivity index (χ2v) is 9.54. The molecule has 0 N–H and O–H groups in total. The molecule has 6 rings (SSSR count). The largest absolute Gasteiger partial charge is 0.494 e. The predicted octanol–water partition coefficient (Wildman–Crippen LogP) is 3.95. The third kappa shape index (κ3) is 2.98. The maximum absolute atomic E-state index is 14.0. The number of hydrogen-bond acceptors (Lipinski definition) is 8. The van der Waals surface area contributed by atoms with Gasteiger partial charge in [-0.2, -0.15) is 0 Å². The molecule has 2 fully saturated rings. The fourth-order valence-electron chi connectivity index (χ4n) is 5.71. The van der Waals surface area contributed by atoms with Crippen LogP contribution >= 0.6 is 11.6 Å². The molecule has 3 aromatic carbocycles. The van der Waals surface area contributed by atoms with Crippen molar-refractivity contribution in [2.24, 2.45) is 11.8 Å². The number of nitrogens with zero attached hydrogens (tertiary/aromatic N) is 2. The van der Waals surface area contributed by atoms with Gasteiger partial charge in [-0.15, -0.1) is 0 Å². The molecule has 3 aromatic rings. The highest BCUT2D eigenvalue weighted by molar-refractivity contribution is 6.37. The van der Waals surface area contributed by atoms with Gasteiger partial charge in [0.15, 0.2) is 0 Å². The van der Waals surface area contributed by atoms with Gasteiger partial charge < -0.3 is 9.47 Å². The van der Waals surface area contributed by atoms with Crippen LogP contribution in [0.3, 0.4) is 0 Å². The molecule has 10 nitrogen and oxygen atoms in total. The quantitative estimate of drug-likeness (QED) is 0.213. The number of benzene rings is 3. The van der Waals surface area contributed by atoms with E-state index in [1.165, 1.54) is 25.3 Å². The van der Waals surface area contributed by atoms with Crippen molar-refractivity contribution >= 4 is 46.4 Å². The zero-order valence-electron chi connectivity index (χ0n) is 19.6. The number of nitro groups is 1. The Labute approximate surface area is 219 Å². The Morgan fingerprint density at radius 3 is 2.18 bits per heavy atom. The molecule has 0 radical (unpaired) electrons. The first-order valence-corrected chi connectivity index (χ1v) is 11.9. The third-order valence-corrected chi connectivity index (χ3v) is 7.69. The Morgan fingerprint density at radius 1 is 0.947 bits per heavy atom. The van der Waals surface area contributed by atoms with Gasteiger partial charge >= 0.3 is 0 Å². The zero-order valence-corrected chi connectivity index (χ0v) is 20.4. The number of amides is 2. The molecule has 11 heteroatoms. The Balaban J connectivity index is 1.55. The standard InChI is InChI=1S/C27H17ClN2O8/c1-37-19-12-13(30(35)36)10-11-18(19)29-25(33)20-21(26(29)34)27(38-22(20)16-8-4-5-9-17(16)28)23(31)14-6-2-3-7-15(14)24(27)32/h2-12,20-22H,1H3/t20-,21-,22-/m0/s1. The summed E-state index contributed by atoms with van der Waals surface area (Å²) in [7, 11) is 1.24. The number of non-ortho nitro benzene ring substituents is 1. The van der Waals surface area contributed by atoms with Crippen molar-refractivity contribution < 1.29 is 33.6 Å². The number of nitro benzene ring substituents is 1. The lowest BCUT2D eigenvalue weighted by Crippen LogP contribution is -2.51. The van der Waals surface area contributed by atoms with E-state index < -0.39 is 51.8 Å². The van der Waals surface area contributed by atoms with Gasteiger partial charge in [-0.1, -0.05) is 54.1 Å². The molecule has 1 aliphatic carbocycles. The molecular weight excluding hydrogens is 516 g/mol. The number of ether oxygens (including phenoxy) is 2. The SMILES string of the molecule is COc1cc([N+](=O)[O-])ccc1N1C(=O)[C@H]2[C@@H](C1=O)C1(O[C@H]2c2ccccc2Cl)C(=O)c2ccccc2C1=O. The maximum atomic E-state index is 14.0. The van der Waals surface area contributed by atoms with Gasteiger partial charge in [0.2, 0.25) is 29.0 Å². The fraction of sp³-hybridized carbons (Fsp3) is 0.185. The van der Waals surface area contributed by atoms with E-state index in [1.807, 2.05) is 0 Å². The Bertz CT molecular complexity index is 1570. The third-order valence-electron chi connectivity index (χ3n) is 7.35. The van der Waals surface area contributed by atoms with E-state index >= 15 is 0 Å². The number of methoxy groups -OCH3 is 1. The molecule has 0 aromatic heterocycles. The van der Waals surface area contributed by atoms with Crippen molar-refractivity contribution in [1.29, 1.82) is 0 Å². The van der Waals surface area contributed by atoms with Crippen molar-refractivity contribution in [3.63, 3.8) is 0 Å². The summed E-state index contributed by atoms with van der Waals surface area (Å²) < 4.78 is 11.5. The van der Waals surface area contributed by atoms with Crippen LogP contribution in [0.25, 0.3) is 0 Å². The summed E-state index contributed by atoms with van der Waals surface area (Å²) in [5.41, 5.74) is -2.09. The lowest BCUT2D eigenvalue weighted by Gasteiger charge is -2.27. The summed E-state index contributed by atoms with van der Waals surface area (Å²) in [5, 5.41) is 11.5. The Kier molecular flexibility index (Phi) is 5.23. The van der Waals surface area contributed by atoms with Crippen LogP contribution in [0.2, 0.25) is 5.02 Å². The second-order valence-electron chi connectivity index (χ2n) is 9.13. The molecule has 38 heavy (non-hydrogen) atoms. The molecule has 0 bridgehead atoms. The van der Waals surface area contributed by atoms with Crippen LogP contribution in [0.15, 0.2) is 66.7 Å². The van der Waals surface area contributed by atoms with Crippen molar-refractivity contribution in [3.8, 4) is 5.75 Å². The topological polar surface area (TPSA) is 133 Å². The van der Waals surface area contributed by atoms with Gasteiger partial charge in [-0.05, 0) is 12.1 Å². The average molecular weight is 533 g/mol. The van der Waals surface area contributed by atoms with E-state index in [1.54, 1.807) is 36.4 Å². The smallest absolute Gasteiger partial charge is 0.273 e. The number of ketones is 2. The molecule has 1 spiro atoms. The molecule has 0 saturated carbocycles. The number of anilines is 1. The van der Waals surface area contributed by atoms with Gasteiger partial charge in [0.05, 0.1) is 41.7 Å². The predicted molar refractivity (Wildman–Crippen MR) is 132 cm³/mol. The maximum Gasteiger partial charge on any atom is 0.273 e. The monoisotopic (exact) mass is 532 g/mol. The molecule has 3 atom stereocenters. The second kappa shape index (κ2) is 8.30. The first-order chi connectivity index (χ1) is 18.2. The molecule has 190 valence electrons. The van der Waals surface area contributed by atoms with Gasteiger partial charge in [0.1, 0.15) is 5.75 Å². The summed E-state index contributed by atoms with van der Waals surface area (Å²) in [6.45, 7) is 0. The number of carbonyl (C=O) groups is 4. The highest BCUT2D eigenvalue weighted by Crippen LogP contribution is 2.58. The molecular formula is C27H17ClN2O8. The number of halogens is 1. The zero-order chi connectivity index (χ0) is 26.9. The first-order valence-electron chi connectivity index (χ1n) is 11.5. The molecule has 3 aliphatic rings. The van der Waals surface area contributed by atoms with Crippen molar-refractivity contribution in [3.05, 3.63) is 98.6 Å². The van der Waals surface area contributed by atoms with Crippen LogP contribution in [0.4, 0.5) is 11.4 Å². The normalized spacial score (nSPS) is 23.2. The fourth-order valence-corrected chi connectivity index (χ4v) is 5.95. The van der Waals surface area contributed by atoms with Gasteiger partial charge in [0.25, 0.3) is 5.69 Å². The summed E-state index contributed by atoms with van der Waals surface area (Å²) >= 11 is 6.44. The Hall–Kier alpha value is -4.41. The van der Waals surface area contributed by atoms with Crippen LogP contribution in [0, 0.1) is 22.0 Å². The minimum Gasteiger partial charge on any atom is -0.494 e. The minimum atomic E-state index is -2.27. The van der Waals surface area contributed by atoms with Gasteiger partial charge in [0, 0.05) is 27.8 Å². The van der Waals surface area contributed by atoms with Gasteiger partial charge in [-0.3, -0.25) is 29.3 Å². The van der Waals surface area contributed by atoms with E-state index in [0.717, 1.165) is 17.0 Å². The summed E-state index contributed by atoms with van der Waals surface area (Å²) in [4.78, 5) is 67.1. The first kappa shape index (κ1) is 24.0. The molecule has 0 unspecified atom stereocenters. The average Bonchev–Trinajstić information content (AvgIpc) is 3.48. The summed E-state index contributed by atoms with van der Waals surface area (Å²) in [6.07, 6.45) is -1.19. The molecule has 2 heterocycles. The molecule has 2 amide bonds. The molecule has 2 aliphatic heterocycles. The van der Waals surface area contributed by atoms with Crippen LogP contribution < -0.4 is 9.64 Å². The van der Waals surface area contributed by atoms with E-state index in [-0.39, 0.29) is 33.3 Å². The lowest BCUT2D eigenvalue weighted by atomic mass is 9.77. The Morgan fingerprint density at radius 2 is 1.58 bits per heavy atom. The lowest BCUT2D eigenvalue weighted by molar-refractivity contribution is -0.384. The van der Waals surface area contributed by atoms with Crippen LogP contribution in [-0.2, 0) is 14.3 Å². The summed E-state index contributed by atoms with van der Waals surface area (Å²) in [6, 6.07) is 16.1. The van der Waals surface area contributed by atoms with E-state index in [4.69, 9.17) is 21.1 Å². The van der Waals surface area contributed by atoms with Crippen LogP contribution in [0.5, 0.6) is 5.75 Å². The highest BCUT2D eigenvalue weighted by Gasteiger charge is 2.75. The number of rotatable bonds is 4. The number of Topliss-reactive ketones (excluding diaryl/α,β-unsaturated/α-hetero) is 2. The molecule has 2 saturated heterocycles. The number of imide groups is 1. The highest BCUT2D eigenvalue weighted by atomic mass is 35.5. The van der Waals surface area contributed by atoms with Crippen molar-refractivity contribution in [2.45, 2.75) is 11.7 Å². The number of carbonyl (C=O) groups excluding carboxylic acids is 4. The van der Waals surface area contributed by atoms with Crippen molar-refractivity contribution in [1.82, 2.24) is 0 Å². The van der Waals surface area contributed by atoms with Crippen LogP contribution in [0.1, 0.15) is 32.4 Å². The summed E-state index contributed by atoms with van der Waals surface area (Å²) in [5.74, 6) is -5.88. The van der Waals surface area contributed by atoms with Crippen molar-refractivity contribution in [2.75, 3.05) is 12.0 Å². The van der Waals surface area contributed by atoms with Crippen LogP contribution in [-0.4, -0.2) is 41.0 Å². The van der Waals surface area contributed by atoms with E-state index in [2.05, 4.69) is 0 Å². The minimum absolute atomic E-state index is 0.0500.